The van der Waals surface area contributed by atoms with E-state index in [0.29, 0.717) is 13.0 Å². The number of hydrogen-bond acceptors (Lipinski definition) is 2. The molecule has 4 nitrogen and oxygen atoms in total. The molecule has 1 saturated heterocycles. The maximum Gasteiger partial charge on any atom is 0.222 e. The summed E-state index contributed by atoms with van der Waals surface area (Å²) in [5, 5.41) is 4.50. The molecule has 0 aliphatic carbocycles. The number of halogens is 1. The first-order valence-electron chi connectivity index (χ1n) is 7.32. The van der Waals surface area contributed by atoms with Crippen LogP contribution in [0.1, 0.15) is 51.4 Å². The summed E-state index contributed by atoms with van der Waals surface area (Å²) in [6, 6.07) is 0. The minimum absolute atomic E-state index is 0.265. The number of carbonyl (C=O) groups excluding carboxylic acids is 1. The SMILES string of the molecule is CCc1nn(C)c(CN2CCC(C)(C)CCC2=O)c1Br. The van der Waals surface area contributed by atoms with Crippen LogP contribution in [-0.4, -0.2) is 27.1 Å². The van der Waals surface area contributed by atoms with Crippen LogP contribution in [0.5, 0.6) is 0 Å². The summed E-state index contributed by atoms with van der Waals surface area (Å²) >= 11 is 3.63. The summed E-state index contributed by atoms with van der Waals surface area (Å²) in [4.78, 5) is 14.3. The van der Waals surface area contributed by atoms with Gasteiger partial charge in [0.15, 0.2) is 0 Å². The lowest BCUT2D eigenvalue weighted by molar-refractivity contribution is -0.131. The first-order chi connectivity index (χ1) is 9.34. The van der Waals surface area contributed by atoms with Gasteiger partial charge in [0.25, 0.3) is 0 Å². The van der Waals surface area contributed by atoms with Crippen molar-refractivity contribution < 1.29 is 4.79 Å². The number of likely N-dealkylation sites (tertiary alicyclic amines) is 1. The van der Waals surface area contributed by atoms with Crippen LogP contribution in [0.25, 0.3) is 0 Å². The van der Waals surface area contributed by atoms with Gasteiger partial charge in [0.2, 0.25) is 5.91 Å². The summed E-state index contributed by atoms with van der Waals surface area (Å²) in [6.45, 7) is 8.08. The van der Waals surface area contributed by atoms with Crippen LogP contribution >= 0.6 is 15.9 Å². The fourth-order valence-corrected chi connectivity index (χ4v) is 3.37. The number of nitrogens with zero attached hydrogens (tertiary/aromatic N) is 3. The molecule has 1 fully saturated rings. The Morgan fingerprint density at radius 1 is 1.35 bits per heavy atom. The minimum Gasteiger partial charge on any atom is -0.337 e. The maximum absolute atomic E-state index is 12.3. The molecule has 0 unspecified atom stereocenters. The van der Waals surface area contributed by atoms with Gasteiger partial charge >= 0.3 is 0 Å². The van der Waals surface area contributed by atoms with Crippen molar-refractivity contribution in [1.82, 2.24) is 14.7 Å². The molecule has 1 amide bonds. The Balaban J connectivity index is 2.17. The lowest BCUT2D eigenvalue weighted by Crippen LogP contribution is -2.31. The Hall–Kier alpha value is -0.840. The highest BCUT2D eigenvalue weighted by Gasteiger charge is 2.28. The van der Waals surface area contributed by atoms with Crippen molar-refractivity contribution in [3.05, 3.63) is 15.9 Å². The second-order valence-corrected chi connectivity index (χ2v) is 7.21. The molecule has 0 bridgehead atoms. The van der Waals surface area contributed by atoms with Gasteiger partial charge in [-0.1, -0.05) is 20.8 Å². The molecule has 0 radical (unpaired) electrons. The Morgan fingerprint density at radius 2 is 2.05 bits per heavy atom. The van der Waals surface area contributed by atoms with Crippen LogP contribution in [0, 0.1) is 5.41 Å². The highest BCUT2D eigenvalue weighted by molar-refractivity contribution is 9.10. The van der Waals surface area contributed by atoms with Crippen LogP contribution in [0.15, 0.2) is 4.47 Å². The number of carbonyl (C=O) groups is 1. The Labute approximate surface area is 129 Å². The third kappa shape index (κ3) is 3.25. The molecular formula is C15H24BrN3O. The van der Waals surface area contributed by atoms with Crippen molar-refractivity contribution in [2.75, 3.05) is 6.54 Å². The summed E-state index contributed by atoms with van der Waals surface area (Å²) in [6.07, 6.45) is 3.60. The molecule has 112 valence electrons. The number of aryl methyl sites for hydroxylation is 2. The maximum atomic E-state index is 12.3. The van der Waals surface area contributed by atoms with E-state index < -0.39 is 0 Å². The smallest absolute Gasteiger partial charge is 0.222 e. The molecule has 0 aromatic carbocycles. The van der Waals surface area contributed by atoms with Gasteiger partial charge in [0.05, 0.1) is 22.4 Å². The molecule has 0 atom stereocenters. The largest absolute Gasteiger partial charge is 0.337 e. The Morgan fingerprint density at radius 3 is 2.65 bits per heavy atom. The van der Waals surface area contributed by atoms with Gasteiger partial charge in [-0.15, -0.1) is 0 Å². The van der Waals surface area contributed by atoms with Gasteiger partial charge in [0, 0.05) is 20.0 Å². The van der Waals surface area contributed by atoms with Crippen LogP contribution in [0.4, 0.5) is 0 Å². The molecule has 20 heavy (non-hydrogen) atoms. The van der Waals surface area contributed by atoms with E-state index >= 15 is 0 Å². The van der Waals surface area contributed by atoms with E-state index in [1.54, 1.807) is 0 Å². The van der Waals surface area contributed by atoms with Crippen LogP contribution < -0.4 is 0 Å². The normalized spacial score (nSPS) is 19.2. The zero-order valence-electron chi connectivity index (χ0n) is 12.9. The van der Waals surface area contributed by atoms with Gasteiger partial charge < -0.3 is 4.90 Å². The van der Waals surface area contributed by atoms with Crippen molar-refractivity contribution in [2.24, 2.45) is 12.5 Å². The van der Waals surface area contributed by atoms with Crippen LogP contribution in [0.3, 0.4) is 0 Å². The van der Waals surface area contributed by atoms with E-state index in [1.807, 2.05) is 16.6 Å². The fraction of sp³-hybridized carbons (Fsp3) is 0.733. The van der Waals surface area contributed by atoms with E-state index in [-0.39, 0.29) is 11.3 Å². The van der Waals surface area contributed by atoms with E-state index in [1.165, 1.54) is 0 Å². The van der Waals surface area contributed by atoms with Gasteiger partial charge in [0.1, 0.15) is 0 Å². The summed E-state index contributed by atoms with van der Waals surface area (Å²) in [7, 11) is 1.95. The lowest BCUT2D eigenvalue weighted by atomic mass is 9.85. The second-order valence-electron chi connectivity index (χ2n) is 6.41. The molecule has 0 spiro atoms. The first-order valence-corrected chi connectivity index (χ1v) is 8.11. The standard InChI is InChI=1S/C15H24BrN3O/c1-5-11-14(16)12(18(4)17-11)10-19-9-8-15(2,3)7-6-13(19)20/h5-10H2,1-4H3. The topological polar surface area (TPSA) is 38.1 Å². The molecule has 1 aromatic rings. The van der Waals surface area contributed by atoms with Crippen molar-refractivity contribution in [2.45, 2.75) is 53.0 Å². The van der Waals surface area contributed by atoms with Crippen molar-refractivity contribution >= 4 is 21.8 Å². The van der Waals surface area contributed by atoms with Crippen LogP contribution in [-0.2, 0) is 24.8 Å². The molecule has 5 heteroatoms. The van der Waals surface area contributed by atoms with Crippen molar-refractivity contribution in [3.8, 4) is 0 Å². The minimum atomic E-state index is 0.265. The van der Waals surface area contributed by atoms with Gasteiger partial charge in [-0.05, 0) is 40.6 Å². The molecular weight excluding hydrogens is 318 g/mol. The Kier molecular flexibility index (Phi) is 4.57. The third-order valence-electron chi connectivity index (χ3n) is 4.27. The Bertz CT molecular complexity index is 507. The summed E-state index contributed by atoms with van der Waals surface area (Å²) < 4.78 is 2.95. The molecule has 0 saturated carbocycles. The zero-order chi connectivity index (χ0) is 14.9. The second kappa shape index (κ2) is 5.88. The van der Waals surface area contributed by atoms with Gasteiger partial charge in [-0.2, -0.15) is 5.10 Å². The van der Waals surface area contributed by atoms with E-state index in [9.17, 15) is 4.79 Å². The zero-order valence-corrected chi connectivity index (χ0v) is 14.5. The molecule has 2 heterocycles. The highest BCUT2D eigenvalue weighted by Crippen LogP contribution is 2.31. The van der Waals surface area contributed by atoms with E-state index in [4.69, 9.17) is 0 Å². The van der Waals surface area contributed by atoms with Gasteiger partial charge in [-0.3, -0.25) is 9.48 Å². The van der Waals surface area contributed by atoms with E-state index in [0.717, 1.165) is 41.7 Å². The average Bonchev–Trinajstić information content (AvgIpc) is 2.59. The van der Waals surface area contributed by atoms with Gasteiger partial charge in [-0.25, -0.2) is 0 Å². The molecule has 0 N–H and O–H groups in total. The number of aromatic nitrogens is 2. The van der Waals surface area contributed by atoms with E-state index in [2.05, 4.69) is 41.8 Å². The number of amides is 1. The van der Waals surface area contributed by atoms with Crippen molar-refractivity contribution in [1.29, 1.82) is 0 Å². The quantitative estimate of drug-likeness (QED) is 0.845. The summed E-state index contributed by atoms with van der Waals surface area (Å²) in [5.41, 5.74) is 2.42. The molecule has 1 aromatic heterocycles. The lowest BCUT2D eigenvalue weighted by Gasteiger charge is -2.23. The monoisotopic (exact) mass is 341 g/mol. The summed E-state index contributed by atoms with van der Waals surface area (Å²) in [5.74, 6) is 0.265. The first kappa shape index (κ1) is 15.5. The number of hydrogen-bond donors (Lipinski definition) is 0. The highest BCUT2D eigenvalue weighted by atomic mass is 79.9. The predicted molar refractivity (Wildman–Crippen MR) is 83.3 cm³/mol. The molecule has 1 aliphatic heterocycles. The fourth-order valence-electron chi connectivity index (χ4n) is 2.63. The number of rotatable bonds is 3. The molecule has 2 rings (SSSR count). The van der Waals surface area contributed by atoms with Crippen LogP contribution in [0.2, 0.25) is 0 Å². The third-order valence-corrected chi connectivity index (χ3v) is 5.19. The van der Waals surface area contributed by atoms with Crippen molar-refractivity contribution in [3.63, 3.8) is 0 Å². The predicted octanol–water partition coefficient (Wildman–Crippen LogP) is 3.28. The molecule has 1 aliphatic rings. The average molecular weight is 342 g/mol.